The normalized spacial score (nSPS) is 37.4. The lowest BCUT2D eigenvalue weighted by atomic mass is 9.60. The number of allylic oxidation sites excluding steroid dienone is 4. The molecule has 3 N–H and O–H groups in total. The Hall–Kier alpha value is -0.900. The maximum Gasteiger partial charge on any atom is 0.0849 e. The molecule has 0 bridgehead atoms. The van der Waals surface area contributed by atoms with Gasteiger partial charge in [0.2, 0.25) is 0 Å². The zero-order chi connectivity index (χ0) is 22.1. The van der Waals surface area contributed by atoms with Crippen molar-refractivity contribution in [1.82, 2.24) is 0 Å². The highest BCUT2D eigenvalue weighted by Crippen LogP contribution is 2.60. The van der Waals surface area contributed by atoms with Crippen LogP contribution in [0, 0.1) is 23.2 Å². The quantitative estimate of drug-likeness (QED) is 0.520. The topological polar surface area (TPSA) is 60.7 Å². The minimum absolute atomic E-state index is 0.215. The van der Waals surface area contributed by atoms with Crippen LogP contribution in [0.5, 0.6) is 0 Å². The summed E-state index contributed by atoms with van der Waals surface area (Å²) in [4.78, 5) is 0. The molecule has 0 saturated heterocycles. The Bertz CT molecular complexity index is 683. The number of fused-ring (bicyclic) bond motifs is 1. The molecule has 3 aliphatic rings. The molecule has 0 spiro atoms. The fourth-order valence-electron chi connectivity index (χ4n) is 6.58. The van der Waals surface area contributed by atoms with E-state index in [4.69, 9.17) is 0 Å². The van der Waals surface area contributed by atoms with Crippen molar-refractivity contribution < 1.29 is 15.3 Å². The van der Waals surface area contributed by atoms with E-state index in [2.05, 4.69) is 32.6 Å². The van der Waals surface area contributed by atoms with Crippen LogP contribution >= 0.6 is 0 Å². The predicted octanol–water partition coefficient (Wildman–Crippen LogP) is 5.70. The fourth-order valence-corrected chi connectivity index (χ4v) is 6.58. The van der Waals surface area contributed by atoms with Crippen LogP contribution in [0.4, 0.5) is 0 Å². The second-order valence-electron chi connectivity index (χ2n) is 11.3. The van der Waals surface area contributed by atoms with Gasteiger partial charge in [-0.05, 0) is 107 Å². The second-order valence-corrected chi connectivity index (χ2v) is 11.3. The van der Waals surface area contributed by atoms with Gasteiger partial charge in [-0.1, -0.05) is 43.7 Å². The predicted molar refractivity (Wildman–Crippen MR) is 124 cm³/mol. The Morgan fingerprint density at radius 2 is 1.90 bits per heavy atom. The van der Waals surface area contributed by atoms with Crippen LogP contribution in [-0.4, -0.2) is 33.1 Å². The lowest BCUT2D eigenvalue weighted by Crippen LogP contribution is -2.38. The third kappa shape index (κ3) is 5.11. The van der Waals surface area contributed by atoms with Crippen molar-refractivity contribution in [2.24, 2.45) is 23.2 Å². The summed E-state index contributed by atoms with van der Waals surface area (Å²) >= 11 is 0. The molecule has 0 aromatic heterocycles. The van der Waals surface area contributed by atoms with E-state index in [0.29, 0.717) is 29.6 Å². The monoisotopic (exact) mass is 416 g/mol. The van der Waals surface area contributed by atoms with Gasteiger partial charge in [0.25, 0.3) is 0 Å². The Morgan fingerprint density at radius 1 is 1.17 bits per heavy atom. The first kappa shape index (κ1) is 23.8. The minimum Gasteiger partial charge on any atom is -0.393 e. The van der Waals surface area contributed by atoms with Crippen LogP contribution in [0.2, 0.25) is 0 Å². The van der Waals surface area contributed by atoms with Crippen LogP contribution in [0.3, 0.4) is 0 Å². The average molecular weight is 417 g/mol. The molecule has 3 saturated carbocycles. The highest BCUT2D eigenvalue weighted by atomic mass is 16.3. The SMILES string of the molecule is C=C1CC[C@@H](O)C/C1=C/C=C1\CCC[C@]2(C)[C@@H]1CC[C@H]2[C@@H](C)CC[C@@H](O)C(C)(C)O. The highest BCUT2D eigenvalue weighted by Gasteiger charge is 2.50. The maximum atomic E-state index is 10.3. The van der Waals surface area contributed by atoms with E-state index < -0.39 is 11.7 Å². The fraction of sp³-hybridized carbons (Fsp3) is 0.778. The number of rotatable bonds is 6. The smallest absolute Gasteiger partial charge is 0.0849 e. The molecule has 3 fully saturated rings. The number of aliphatic hydroxyl groups excluding tert-OH is 2. The van der Waals surface area contributed by atoms with E-state index in [1.54, 1.807) is 19.4 Å². The molecule has 30 heavy (non-hydrogen) atoms. The number of hydrogen-bond acceptors (Lipinski definition) is 3. The number of hydrogen-bond donors (Lipinski definition) is 3. The summed E-state index contributed by atoms with van der Waals surface area (Å²) in [5.74, 6) is 1.89. The zero-order valence-electron chi connectivity index (χ0n) is 19.7. The van der Waals surface area contributed by atoms with Gasteiger partial charge in [-0.2, -0.15) is 0 Å². The molecule has 0 radical (unpaired) electrons. The molecule has 3 rings (SSSR count). The van der Waals surface area contributed by atoms with E-state index in [-0.39, 0.29) is 6.10 Å². The maximum absolute atomic E-state index is 10.3. The molecule has 3 aliphatic carbocycles. The summed E-state index contributed by atoms with van der Waals surface area (Å²) in [5.41, 5.74) is 3.34. The first-order valence-corrected chi connectivity index (χ1v) is 12.2. The Morgan fingerprint density at radius 3 is 2.60 bits per heavy atom. The van der Waals surface area contributed by atoms with Crippen LogP contribution in [0.15, 0.2) is 35.5 Å². The van der Waals surface area contributed by atoms with Gasteiger partial charge >= 0.3 is 0 Å². The highest BCUT2D eigenvalue weighted by molar-refractivity contribution is 5.36. The van der Waals surface area contributed by atoms with Crippen molar-refractivity contribution in [2.75, 3.05) is 0 Å². The standard InChI is InChI=1S/C27H44O3/c1-18-8-12-22(28)17-21(18)11-10-20-7-6-16-27(5)23(13-14-24(20)27)19(2)9-15-25(29)26(3,4)30/h10-11,19,22-25,28-30H,1,6-9,12-17H2,2-5H3/b20-10+,21-11-/t19-,22+,23-,24+,25+,27-/m0/s1. The summed E-state index contributed by atoms with van der Waals surface area (Å²) in [7, 11) is 0. The lowest BCUT2D eigenvalue weighted by molar-refractivity contribution is -0.0554. The first-order valence-electron chi connectivity index (χ1n) is 12.2. The molecule has 0 amide bonds. The lowest BCUT2D eigenvalue weighted by Gasteiger charge is -2.44. The largest absolute Gasteiger partial charge is 0.393 e. The molecular weight excluding hydrogens is 372 g/mol. The zero-order valence-corrected chi connectivity index (χ0v) is 19.7. The van der Waals surface area contributed by atoms with Gasteiger partial charge in [-0.15, -0.1) is 0 Å². The first-order chi connectivity index (χ1) is 14.0. The van der Waals surface area contributed by atoms with Crippen molar-refractivity contribution in [3.8, 4) is 0 Å². The molecule has 0 aliphatic heterocycles. The van der Waals surface area contributed by atoms with Crippen LogP contribution < -0.4 is 0 Å². The van der Waals surface area contributed by atoms with Crippen molar-refractivity contribution in [2.45, 2.75) is 110 Å². The second kappa shape index (κ2) is 9.30. The van der Waals surface area contributed by atoms with E-state index in [1.807, 2.05) is 0 Å². The van der Waals surface area contributed by atoms with Crippen LogP contribution in [0.25, 0.3) is 0 Å². The Kier molecular flexibility index (Phi) is 7.37. The van der Waals surface area contributed by atoms with Gasteiger partial charge in [0.15, 0.2) is 0 Å². The van der Waals surface area contributed by atoms with Gasteiger partial charge in [0, 0.05) is 0 Å². The summed E-state index contributed by atoms with van der Waals surface area (Å²) in [5, 5.41) is 30.3. The molecule has 0 unspecified atom stereocenters. The van der Waals surface area contributed by atoms with Crippen LogP contribution in [-0.2, 0) is 0 Å². The molecule has 0 aromatic rings. The van der Waals surface area contributed by atoms with E-state index in [9.17, 15) is 15.3 Å². The minimum atomic E-state index is -1.02. The summed E-state index contributed by atoms with van der Waals surface area (Å²) < 4.78 is 0. The third-order valence-electron chi connectivity index (χ3n) is 8.62. The van der Waals surface area contributed by atoms with Crippen LogP contribution in [0.1, 0.15) is 91.9 Å². The Labute approximate surface area is 184 Å². The summed E-state index contributed by atoms with van der Waals surface area (Å²) in [6.45, 7) is 12.5. The van der Waals surface area contributed by atoms with Gasteiger partial charge in [-0.25, -0.2) is 0 Å². The molecule has 0 heterocycles. The Balaban J connectivity index is 1.69. The van der Waals surface area contributed by atoms with E-state index in [1.165, 1.54) is 43.3 Å². The van der Waals surface area contributed by atoms with Crippen molar-refractivity contribution in [3.63, 3.8) is 0 Å². The van der Waals surface area contributed by atoms with Crippen molar-refractivity contribution in [1.29, 1.82) is 0 Å². The third-order valence-corrected chi connectivity index (χ3v) is 8.62. The van der Waals surface area contributed by atoms with Crippen molar-refractivity contribution in [3.05, 3.63) is 35.5 Å². The molecule has 3 heteroatoms. The van der Waals surface area contributed by atoms with Gasteiger partial charge < -0.3 is 15.3 Å². The molecule has 6 atom stereocenters. The van der Waals surface area contributed by atoms with Crippen molar-refractivity contribution >= 4 is 0 Å². The van der Waals surface area contributed by atoms with Gasteiger partial charge in [0.05, 0.1) is 17.8 Å². The van der Waals surface area contributed by atoms with Gasteiger partial charge in [0.1, 0.15) is 0 Å². The molecule has 170 valence electrons. The van der Waals surface area contributed by atoms with E-state index >= 15 is 0 Å². The van der Waals surface area contributed by atoms with E-state index in [0.717, 1.165) is 25.7 Å². The molecular formula is C27H44O3. The average Bonchev–Trinajstić information content (AvgIpc) is 3.03. The summed E-state index contributed by atoms with van der Waals surface area (Å²) in [6, 6.07) is 0. The number of aliphatic hydroxyl groups is 3. The molecule has 0 aromatic carbocycles. The molecule has 3 nitrogen and oxygen atoms in total. The summed E-state index contributed by atoms with van der Waals surface area (Å²) in [6.07, 6.45) is 14.1. The van der Waals surface area contributed by atoms with Gasteiger partial charge in [-0.3, -0.25) is 0 Å².